The third-order valence-electron chi connectivity index (χ3n) is 3.88. The molecule has 1 amide bonds. The molecule has 0 aromatic rings. The summed E-state index contributed by atoms with van der Waals surface area (Å²) in [5, 5.41) is 31.0. The van der Waals surface area contributed by atoms with Crippen LogP contribution in [0.1, 0.15) is 40.0 Å². The highest BCUT2D eigenvalue weighted by molar-refractivity contribution is 5.68. The largest absolute Gasteiger partial charge is 0.444 e. The van der Waals surface area contributed by atoms with Crippen molar-refractivity contribution in [1.29, 1.82) is 0 Å². The molecule has 7 nitrogen and oxygen atoms in total. The number of nitrogens with zero attached hydrogens (tertiary/aromatic N) is 1. The molecule has 1 atom stereocenters. The summed E-state index contributed by atoms with van der Waals surface area (Å²) in [7, 11) is 0. The number of aliphatic hydroxyl groups is 3. The molecule has 1 heterocycles. The fourth-order valence-corrected chi connectivity index (χ4v) is 2.43. The molecule has 130 valence electrons. The summed E-state index contributed by atoms with van der Waals surface area (Å²) < 4.78 is 5.43. The SMILES string of the molecule is CC(C)(C)OC(=O)N1CCCCC1CNC(CO)(CO)CO. The van der Waals surface area contributed by atoms with E-state index in [0.29, 0.717) is 13.1 Å². The number of hydrogen-bond acceptors (Lipinski definition) is 6. The number of ether oxygens (including phenoxy) is 1. The lowest BCUT2D eigenvalue weighted by Gasteiger charge is -2.39. The zero-order valence-corrected chi connectivity index (χ0v) is 13.8. The fourth-order valence-electron chi connectivity index (χ4n) is 2.43. The second-order valence-electron chi connectivity index (χ2n) is 6.96. The van der Waals surface area contributed by atoms with E-state index in [4.69, 9.17) is 4.74 Å². The van der Waals surface area contributed by atoms with Crippen molar-refractivity contribution in [2.24, 2.45) is 0 Å². The normalized spacial score (nSPS) is 20.1. The zero-order chi connectivity index (χ0) is 16.8. The van der Waals surface area contributed by atoms with Crippen LogP contribution >= 0.6 is 0 Å². The molecule has 0 aromatic carbocycles. The third kappa shape index (κ3) is 5.39. The van der Waals surface area contributed by atoms with Crippen molar-refractivity contribution in [3.05, 3.63) is 0 Å². The van der Waals surface area contributed by atoms with Gasteiger partial charge in [-0.05, 0) is 40.0 Å². The Morgan fingerprint density at radius 3 is 2.27 bits per heavy atom. The van der Waals surface area contributed by atoms with E-state index < -0.39 is 11.1 Å². The van der Waals surface area contributed by atoms with Gasteiger partial charge in [0.25, 0.3) is 0 Å². The fraction of sp³-hybridized carbons (Fsp3) is 0.933. The highest BCUT2D eigenvalue weighted by Gasteiger charge is 2.33. The number of carbonyl (C=O) groups excluding carboxylic acids is 1. The smallest absolute Gasteiger partial charge is 0.410 e. The molecule has 1 saturated heterocycles. The molecule has 22 heavy (non-hydrogen) atoms. The molecule has 7 heteroatoms. The van der Waals surface area contributed by atoms with Crippen LogP contribution in [0.15, 0.2) is 0 Å². The number of nitrogens with one attached hydrogen (secondary N) is 1. The maximum atomic E-state index is 12.3. The average Bonchev–Trinajstić information content (AvgIpc) is 2.48. The molecule has 0 bridgehead atoms. The van der Waals surface area contributed by atoms with Crippen molar-refractivity contribution in [2.75, 3.05) is 32.9 Å². The number of carbonyl (C=O) groups is 1. The molecule has 1 fully saturated rings. The summed E-state index contributed by atoms with van der Waals surface area (Å²) in [6.45, 7) is 5.38. The summed E-state index contributed by atoms with van der Waals surface area (Å²) in [6.07, 6.45) is 2.42. The van der Waals surface area contributed by atoms with Gasteiger partial charge in [-0.2, -0.15) is 0 Å². The second kappa shape index (κ2) is 8.10. The summed E-state index contributed by atoms with van der Waals surface area (Å²) in [5.74, 6) is 0. The minimum absolute atomic E-state index is 0.0763. The second-order valence-corrected chi connectivity index (χ2v) is 6.96. The van der Waals surface area contributed by atoms with Crippen molar-refractivity contribution < 1.29 is 24.9 Å². The van der Waals surface area contributed by atoms with Crippen molar-refractivity contribution in [2.45, 2.75) is 57.2 Å². The lowest BCUT2D eigenvalue weighted by atomic mass is 9.99. The van der Waals surface area contributed by atoms with Gasteiger partial charge in [-0.3, -0.25) is 0 Å². The van der Waals surface area contributed by atoms with Crippen LogP contribution < -0.4 is 5.32 Å². The predicted molar refractivity (Wildman–Crippen MR) is 82.6 cm³/mol. The van der Waals surface area contributed by atoms with Gasteiger partial charge in [0.1, 0.15) is 5.60 Å². The molecule has 4 N–H and O–H groups in total. The van der Waals surface area contributed by atoms with Crippen molar-refractivity contribution in [3.8, 4) is 0 Å². The Morgan fingerprint density at radius 2 is 1.77 bits per heavy atom. The number of aliphatic hydroxyl groups excluding tert-OH is 3. The van der Waals surface area contributed by atoms with Crippen LogP contribution in [0, 0.1) is 0 Å². The molecule has 0 aliphatic carbocycles. The number of rotatable bonds is 6. The number of hydrogen-bond donors (Lipinski definition) is 4. The lowest BCUT2D eigenvalue weighted by molar-refractivity contribution is 0.00379. The van der Waals surface area contributed by atoms with Crippen LogP contribution in [0.2, 0.25) is 0 Å². The molecule has 1 aliphatic heterocycles. The Morgan fingerprint density at radius 1 is 1.18 bits per heavy atom. The van der Waals surface area contributed by atoms with E-state index in [1.165, 1.54) is 0 Å². The van der Waals surface area contributed by atoms with E-state index in [1.807, 2.05) is 20.8 Å². The summed E-state index contributed by atoms with van der Waals surface area (Å²) >= 11 is 0. The van der Waals surface area contributed by atoms with E-state index in [2.05, 4.69) is 5.32 Å². The van der Waals surface area contributed by atoms with Crippen molar-refractivity contribution in [3.63, 3.8) is 0 Å². The van der Waals surface area contributed by atoms with E-state index in [-0.39, 0.29) is 32.0 Å². The van der Waals surface area contributed by atoms with Gasteiger partial charge in [-0.1, -0.05) is 0 Å². The van der Waals surface area contributed by atoms with E-state index >= 15 is 0 Å². The maximum Gasteiger partial charge on any atom is 0.410 e. The van der Waals surface area contributed by atoms with E-state index in [9.17, 15) is 20.1 Å². The Labute approximate surface area is 132 Å². The first-order chi connectivity index (χ1) is 10.3. The standard InChI is InChI=1S/C15H30N2O5/c1-14(2,3)22-13(21)17-7-5-4-6-12(17)8-16-15(9-18,10-19)11-20/h12,16,18-20H,4-11H2,1-3H3. The van der Waals surface area contributed by atoms with Gasteiger partial charge in [-0.15, -0.1) is 0 Å². The molecule has 0 saturated carbocycles. The highest BCUT2D eigenvalue weighted by atomic mass is 16.6. The lowest BCUT2D eigenvalue weighted by Crippen LogP contribution is -2.59. The molecule has 0 radical (unpaired) electrons. The monoisotopic (exact) mass is 318 g/mol. The van der Waals surface area contributed by atoms with Crippen LogP contribution in [0.25, 0.3) is 0 Å². The Kier molecular flexibility index (Phi) is 7.05. The van der Waals surface area contributed by atoms with Crippen molar-refractivity contribution >= 4 is 6.09 Å². The van der Waals surface area contributed by atoms with E-state index in [0.717, 1.165) is 19.3 Å². The quantitative estimate of drug-likeness (QED) is 0.553. The minimum atomic E-state index is -1.13. The van der Waals surface area contributed by atoms with Gasteiger partial charge in [0.2, 0.25) is 0 Å². The maximum absolute atomic E-state index is 12.3. The first kappa shape index (κ1) is 19.2. The third-order valence-corrected chi connectivity index (χ3v) is 3.88. The number of piperidine rings is 1. The predicted octanol–water partition coefficient (Wildman–Crippen LogP) is 0.0813. The molecule has 1 unspecified atom stereocenters. The summed E-state index contributed by atoms with van der Waals surface area (Å²) in [4.78, 5) is 14.0. The van der Waals surface area contributed by atoms with Crippen LogP contribution in [0.3, 0.4) is 0 Å². The van der Waals surface area contributed by atoms with Gasteiger partial charge in [0.15, 0.2) is 0 Å². The van der Waals surface area contributed by atoms with Crippen LogP contribution in [-0.4, -0.2) is 76.4 Å². The molecule has 1 rings (SSSR count). The molecule has 1 aliphatic rings. The molecular formula is C15H30N2O5. The molecule has 0 spiro atoms. The average molecular weight is 318 g/mol. The van der Waals surface area contributed by atoms with Crippen LogP contribution in [0.5, 0.6) is 0 Å². The summed E-state index contributed by atoms with van der Waals surface area (Å²) in [5.41, 5.74) is -1.67. The van der Waals surface area contributed by atoms with Crippen LogP contribution in [-0.2, 0) is 4.74 Å². The Balaban J connectivity index is 2.67. The Hall–Kier alpha value is -0.890. The van der Waals surface area contributed by atoms with E-state index in [1.54, 1.807) is 4.90 Å². The first-order valence-electron chi connectivity index (χ1n) is 7.84. The van der Waals surface area contributed by atoms with Gasteiger partial charge < -0.3 is 30.3 Å². The zero-order valence-electron chi connectivity index (χ0n) is 13.8. The van der Waals surface area contributed by atoms with Gasteiger partial charge in [0, 0.05) is 19.1 Å². The first-order valence-corrected chi connectivity index (χ1v) is 7.84. The topological polar surface area (TPSA) is 102 Å². The molecular weight excluding hydrogens is 288 g/mol. The van der Waals surface area contributed by atoms with Gasteiger partial charge in [-0.25, -0.2) is 4.79 Å². The van der Waals surface area contributed by atoms with Gasteiger partial charge in [0.05, 0.1) is 25.4 Å². The Bertz CT molecular complexity index is 344. The van der Waals surface area contributed by atoms with Crippen LogP contribution in [0.4, 0.5) is 4.79 Å². The summed E-state index contributed by atoms with van der Waals surface area (Å²) in [6, 6.07) is -0.0763. The van der Waals surface area contributed by atoms with Gasteiger partial charge >= 0.3 is 6.09 Å². The number of amides is 1. The van der Waals surface area contributed by atoms with Crippen molar-refractivity contribution in [1.82, 2.24) is 10.2 Å². The minimum Gasteiger partial charge on any atom is -0.444 e. The highest BCUT2D eigenvalue weighted by Crippen LogP contribution is 2.20. The number of likely N-dealkylation sites (tertiary alicyclic amines) is 1. The molecule has 0 aromatic heterocycles.